The molecule has 0 heterocycles. The first kappa shape index (κ1) is 14.8. The van der Waals surface area contributed by atoms with Crippen LogP contribution in [-0.2, 0) is 14.8 Å². The largest absolute Gasteiger partial charge is 0.481 e. The molecule has 2 rings (SSSR count). The predicted octanol–water partition coefficient (Wildman–Crippen LogP) is 1.35. The van der Waals surface area contributed by atoms with E-state index in [4.69, 9.17) is 22.0 Å². The van der Waals surface area contributed by atoms with E-state index in [2.05, 4.69) is 4.72 Å². The summed E-state index contributed by atoms with van der Waals surface area (Å²) in [4.78, 5) is 10.9. The zero-order valence-corrected chi connectivity index (χ0v) is 11.8. The van der Waals surface area contributed by atoms with E-state index >= 15 is 0 Å². The number of hydrogen-bond donors (Lipinski definition) is 2. The Kier molecular flexibility index (Phi) is 3.73. The zero-order chi connectivity index (χ0) is 15.0. The van der Waals surface area contributed by atoms with Crippen molar-refractivity contribution in [2.75, 3.05) is 6.54 Å². The van der Waals surface area contributed by atoms with Gasteiger partial charge in [-0.2, -0.15) is 5.26 Å². The van der Waals surface area contributed by atoms with Gasteiger partial charge in [-0.25, -0.2) is 13.1 Å². The molecule has 0 radical (unpaired) electrons. The molecule has 2 N–H and O–H groups in total. The van der Waals surface area contributed by atoms with Crippen molar-refractivity contribution in [1.82, 2.24) is 4.72 Å². The van der Waals surface area contributed by atoms with Gasteiger partial charge in [0.25, 0.3) is 0 Å². The van der Waals surface area contributed by atoms with E-state index in [1.807, 2.05) is 6.07 Å². The number of nitrogens with zero attached hydrogens (tertiary/aromatic N) is 1. The summed E-state index contributed by atoms with van der Waals surface area (Å²) in [6, 6.07) is 5.56. The molecule has 1 aromatic carbocycles. The Morgan fingerprint density at radius 1 is 1.50 bits per heavy atom. The first-order chi connectivity index (χ1) is 9.31. The van der Waals surface area contributed by atoms with E-state index < -0.39 is 21.4 Å². The summed E-state index contributed by atoms with van der Waals surface area (Å²) < 4.78 is 26.3. The Morgan fingerprint density at radius 3 is 2.60 bits per heavy atom. The standard InChI is InChI=1S/C12H11ClN2O4S/c13-10-5-9(2-1-8(10)6-14)20(18,19)15-7-12(3-4-12)11(16)17/h1-2,5,15H,3-4,7H2,(H,16,17). The van der Waals surface area contributed by atoms with E-state index in [1.165, 1.54) is 18.2 Å². The Morgan fingerprint density at radius 2 is 2.15 bits per heavy atom. The molecule has 0 aromatic heterocycles. The number of rotatable bonds is 5. The van der Waals surface area contributed by atoms with Crippen molar-refractivity contribution in [3.05, 3.63) is 28.8 Å². The van der Waals surface area contributed by atoms with Crippen LogP contribution >= 0.6 is 11.6 Å². The van der Waals surface area contributed by atoms with E-state index in [-0.39, 0.29) is 22.0 Å². The number of carboxylic acids is 1. The molecule has 0 spiro atoms. The average Bonchev–Trinajstić information content (AvgIpc) is 3.17. The van der Waals surface area contributed by atoms with Crippen LogP contribution in [0.3, 0.4) is 0 Å². The Labute approximate surface area is 121 Å². The molecule has 106 valence electrons. The van der Waals surface area contributed by atoms with Gasteiger partial charge in [0.05, 0.1) is 20.9 Å². The van der Waals surface area contributed by atoms with Crippen molar-refractivity contribution in [2.24, 2.45) is 5.41 Å². The fourth-order valence-corrected chi connectivity index (χ4v) is 3.13. The van der Waals surface area contributed by atoms with Gasteiger partial charge in [-0.1, -0.05) is 11.6 Å². The number of sulfonamides is 1. The monoisotopic (exact) mass is 314 g/mol. The SMILES string of the molecule is N#Cc1ccc(S(=O)(=O)NCC2(C(=O)O)CC2)cc1Cl. The van der Waals surface area contributed by atoms with Crippen molar-refractivity contribution < 1.29 is 18.3 Å². The summed E-state index contributed by atoms with van der Waals surface area (Å²) >= 11 is 5.78. The minimum atomic E-state index is -3.84. The van der Waals surface area contributed by atoms with Crippen molar-refractivity contribution >= 4 is 27.6 Å². The second kappa shape index (κ2) is 5.05. The molecule has 1 aromatic rings. The van der Waals surface area contributed by atoms with E-state index in [1.54, 1.807) is 0 Å². The number of hydrogen-bond acceptors (Lipinski definition) is 4. The highest BCUT2D eigenvalue weighted by atomic mass is 35.5. The molecule has 1 fully saturated rings. The molecule has 1 aliphatic carbocycles. The van der Waals surface area contributed by atoms with Gasteiger partial charge < -0.3 is 5.11 Å². The van der Waals surface area contributed by atoms with Gasteiger partial charge in [0.2, 0.25) is 10.0 Å². The topological polar surface area (TPSA) is 107 Å². The molecule has 0 bridgehead atoms. The van der Waals surface area contributed by atoms with Crippen LogP contribution in [0.2, 0.25) is 5.02 Å². The predicted molar refractivity (Wildman–Crippen MR) is 70.7 cm³/mol. The molecule has 1 saturated carbocycles. The highest BCUT2D eigenvalue weighted by Gasteiger charge is 2.50. The molecule has 0 unspecified atom stereocenters. The molecule has 8 heteroatoms. The molecule has 1 aliphatic rings. The molecule has 0 atom stereocenters. The van der Waals surface area contributed by atoms with Crippen molar-refractivity contribution in [1.29, 1.82) is 5.26 Å². The maximum Gasteiger partial charge on any atom is 0.310 e. The molecule has 6 nitrogen and oxygen atoms in total. The summed E-state index contributed by atoms with van der Waals surface area (Å²) in [6.07, 6.45) is 0.915. The number of carbonyl (C=O) groups is 1. The third kappa shape index (κ3) is 2.77. The van der Waals surface area contributed by atoms with Crippen molar-refractivity contribution in [3.8, 4) is 6.07 Å². The van der Waals surface area contributed by atoms with Crippen LogP contribution < -0.4 is 4.72 Å². The summed E-state index contributed by atoms with van der Waals surface area (Å²) in [5.41, 5.74) is -0.807. The van der Waals surface area contributed by atoms with Crippen LogP contribution in [0.5, 0.6) is 0 Å². The average molecular weight is 315 g/mol. The number of aliphatic carboxylic acids is 1. The number of carboxylic acid groups (broad SMARTS) is 1. The minimum absolute atomic E-state index is 0.0368. The summed E-state index contributed by atoms with van der Waals surface area (Å²) in [5, 5.41) is 17.8. The molecule has 20 heavy (non-hydrogen) atoms. The second-order valence-electron chi connectivity index (χ2n) is 4.66. The van der Waals surface area contributed by atoms with Gasteiger partial charge >= 0.3 is 5.97 Å². The maximum atomic E-state index is 12.0. The van der Waals surface area contributed by atoms with Gasteiger partial charge in [0, 0.05) is 6.54 Å². The minimum Gasteiger partial charge on any atom is -0.481 e. The number of benzene rings is 1. The van der Waals surface area contributed by atoms with Crippen molar-refractivity contribution in [3.63, 3.8) is 0 Å². The Balaban J connectivity index is 2.17. The summed E-state index contributed by atoms with van der Waals surface area (Å²) in [6.45, 7) is -0.151. The van der Waals surface area contributed by atoms with Gasteiger partial charge in [-0.05, 0) is 31.0 Å². The highest BCUT2D eigenvalue weighted by molar-refractivity contribution is 7.89. The smallest absolute Gasteiger partial charge is 0.310 e. The fraction of sp³-hybridized carbons (Fsp3) is 0.333. The lowest BCUT2D eigenvalue weighted by Crippen LogP contribution is -2.34. The number of nitrogens with one attached hydrogen (secondary N) is 1. The first-order valence-corrected chi connectivity index (χ1v) is 7.60. The van der Waals surface area contributed by atoms with E-state index in [0.717, 1.165) is 0 Å². The van der Waals surface area contributed by atoms with E-state index in [9.17, 15) is 13.2 Å². The summed E-state index contributed by atoms with van der Waals surface area (Å²) in [5.74, 6) is -1.00. The molecular weight excluding hydrogens is 304 g/mol. The molecule has 0 saturated heterocycles. The highest BCUT2D eigenvalue weighted by Crippen LogP contribution is 2.45. The van der Waals surface area contributed by atoms with Crippen LogP contribution in [0, 0.1) is 16.7 Å². The lowest BCUT2D eigenvalue weighted by atomic mass is 10.1. The molecule has 0 aliphatic heterocycles. The fourth-order valence-electron chi connectivity index (χ4n) is 1.69. The van der Waals surface area contributed by atoms with Crippen LogP contribution in [0.1, 0.15) is 18.4 Å². The molecular formula is C12H11ClN2O4S. The number of nitriles is 1. The Bertz CT molecular complexity index is 705. The first-order valence-electron chi connectivity index (χ1n) is 5.73. The lowest BCUT2D eigenvalue weighted by Gasteiger charge is -2.12. The van der Waals surface area contributed by atoms with Crippen LogP contribution in [0.4, 0.5) is 0 Å². The quantitative estimate of drug-likeness (QED) is 0.853. The molecule has 0 amide bonds. The van der Waals surface area contributed by atoms with Crippen LogP contribution in [0.25, 0.3) is 0 Å². The number of halogens is 1. The van der Waals surface area contributed by atoms with Crippen LogP contribution in [-0.4, -0.2) is 26.0 Å². The third-order valence-corrected chi connectivity index (χ3v) is 4.99. The van der Waals surface area contributed by atoms with Crippen LogP contribution in [0.15, 0.2) is 23.1 Å². The third-order valence-electron chi connectivity index (χ3n) is 3.28. The van der Waals surface area contributed by atoms with Crippen molar-refractivity contribution in [2.45, 2.75) is 17.7 Å². The Hall–Kier alpha value is -1.62. The van der Waals surface area contributed by atoms with Gasteiger partial charge in [0.1, 0.15) is 6.07 Å². The van der Waals surface area contributed by atoms with Gasteiger partial charge in [0.15, 0.2) is 0 Å². The lowest BCUT2D eigenvalue weighted by molar-refractivity contribution is -0.143. The van der Waals surface area contributed by atoms with Gasteiger partial charge in [-0.15, -0.1) is 0 Å². The second-order valence-corrected chi connectivity index (χ2v) is 6.84. The maximum absolute atomic E-state index is 12.0. The van der Waals surface area contributed by atoms with E-state index in [0.29, 0.717) is 12.8 Å². The zero-order valence-electron chi connectivity index (χ0n) is 10.3. The normalized spacial score (nSPS) is 16.4. The summed E-state index contributed by atoms with van der Waals surface area (Å²) in [7, 11) is -3.84. The van der Waals surface area contributed by atoms with Gasteiger partial charge in [-0.3, -0.25) is 4.79 Å².